The van der Waals surface area contributed by atoms with Crippen LogP contribution in [-0.4, -0.2) is 9.97 Å². The van der Waals surface area contributed by atoms with Crippen molar-refractivity contribution in [1.82, 2.24) is 9.97 Å². The highest BCUT2D eigenvalue weighted by atomic mass is 32.1. The Morgan fingerprint density at radius 3 is 2.44 bits per heavy atom. The SMILES string of the molecule is CCCc1ccc(Cc2nc3c(F)c(F)cc(F)c3s2)c(CCC)n1. The van der Waals surface area contributed by atoms with Crippen LogP contribution < -0.4 is 0 Å². The van der Waals surface area contributed by atoms with Crippen molar-refractivity contribution in [1.29, 1.82) is 0 Å². The molecule has 0 saturated heterocycles. The van der Waals surface area contributed by atoms with Crippen molar-refractivity contribution in [3.05, 3.63) is 57.6 Å². The first-order valence-electron chi connectivity index (χ1n) is 8.44. The van der Waals surface area contributed by atoms with E-state index in [-0.39, 0.29) is 10.2 Å². The highest BCUT2D eigenvalue weighted by Crippen LogP contribution is 2.30. The molecular weight excluding hydrogens is 345 g/mol. The van der Waals surface area contributed by atoms with E-state index in [4.69, 9.17) is 4.98 Å². The number of aromatic nitrogens is 2. The number of pyridine rings is 1. The standard InChI is InChI=1S/C19H19F3N2S/c1-3-5-12-8-7-11(15(23-12)6-4-2)9-16-24-18-17(22)13(20)10-14(21)19(18)25-16/h7-8,10H,3-6,9H2,1-2H3. The normalized spacial score (nSPS) is 11.4. The lowest BCUT2D eigenvalue weighted by Gasteiger charge is -2.09. The second kappa shape index (κ2) is 7.52. The molecular formula is C19H19F3N2S. The van der Waals surface area contributed by atoms with Gasteiger partial charge in [-0.1, -0.05) is 32.8 Å². The molecule has 0 bridgehead atoms. The molecule has 0 N–H and O–H groups in total. The zero-order chi connectivity index (χ0) is 18.0. The molecule has 0 unspecified atom stereocenters. The van der Waals surface area contributed by atoms with Gasteiger partial charge in [-0.15, -0.1) is 11.3 Å². The Bertz CT molecular complexity index is 905. The molecule has 3 aromatic rings. The molecule has 0 spiro atoms. The predicted octanol–water partition coefficient (Wildman–Crippen LogP) is 5.60. The van der Waals surface area contributed by atoms with E-state index in [2.05, 4.69) is 18.8 Å². The van der Waals surface area contributed by atoms with Gasteiger partial charge in [-0.3, -0.25) is 4.98 Å². The fraction of sp³-hybridized carbons (Fsp3) is 0.368. The summed E-state index contributed by atoms with van der Waals surface area (Å²) in [7, 11) is 0. The Morgan fingerprint density at radius 2 is 1.72 bits per heavy atom. The van der Waals surface area contributed by atoms with Gasteiger partial charge in [0.05, 0.1) is 9.71 Å². The lowest BCUT2D eigenvalue weighted by molar-refractivity contribution is 0.504. The fourth-order valence-electron chi connectivity index (χ4n) is 2.85. The van der Waals surface area contributed by atoms with Crippen molar-refractivity contribution in [2.45, 2.75) is 46.0 Å². The topological polar surface area (TPSA) is 25.8 Å². The molecule has 2 heterocycles. The first-order valence-corrected chi connectivity index (χ1v) is 9.25. The summed E-state index contributed by atoms with van der Waals surface area (Å²) in [6.45, 7) is 4.20. The number of nitrogens with zero attached hydrogens (tertiary/aromatic N) is 2. The number of benzene rings is 1. The maximum absolute atomic E-state index is 13.9. The maximum Gasteiger partial charge on any atom is 0.186 e. The molecule has 1 aromatic carbocycles. The molecule has 132 valence electrons. The molecule has 2 aromatic heterocycles. The van der Waals surface area contributed by atoms with Crippen molar-refractivity contribution < 1.29 is 13.2 Å². The van der Waals surface area contributed by atoms with Crippen LogP contribution in [0.25, 0.3) is 10.2 Å². The van der Waals surface area contributed by atoms with Gasteiger partial charge in [-0.2, -0.15) is 0 Å². The number of rotatable bonds is 6. The molecule has 0 aliphatic rings. The van der Waals surface area contributed by atoms with E-state index < -0.39 is 17.5 Å². The van der Waals surface area contributed by atoms with Crippen LogP contribution in [0.3, 0.4) is 0 Å². The summed E-state index contributed by atoms with van der Waals surface area (Å²) in [5, 5.41) is 0.556. The molecule has 6 heteroatoms. The van der Waals surface area contributed by atoms with E-state index in [9.17, 15) is 13.2 Å². The first kappa shape index (κ1) is 17.9. The van der Waals surface area contributed by atoms with Gasteiger partial charge in [0.2, 0.25) is 0 Å². The molecule has 0 fully saturated rings. The zero-order valence-corrected chi connectivity index (χ0v) is 15.0. The number of aryl methyl sites for hydroxylation is 2. The van der Waals surface area contributed by atoms with Crippen LogP contribution in [0.4, 0.5) is 13.2 Å². The van der Waals surface area contributed by atoms with E-state index in [0.717, 1.165) is 54.0 Å². The largest absolute Gasteiger partial charge is 0.258 e. The average Bonchev–Trinajstić information content (AvgIpc) is 3.00. The van der Waals surface area contributed by atoms with Crippen LogP contribution in [-0.2, 0) is 19.3 Å². The minimum Gasteiger partial charge on any atom is -0.258 e. The summed E-state index contributed by atoms with van der Waals surface area (Å²) >= 11 is 1.06. The summed E-state index contributed by atoms with van der Waals surface area (Å²) in [6, 6.07) is 4.58. The Hall–Kier alpha value is -1.95. The van der Waals surface area contributed by atoms with Gasteiger partial charge in [-0.05, 0) is 24.5 Å². The highest BCUT2D eigenvalue weighted by Gasteiger charge is 2.18. The second-order valence-electron chi connectivity index (χ2n) is 6.02. The molecule has 0 atom stereocenters. The van der Waals surface area contributed by atoms with E-state index in [1.54, 1.807) is 0 Å². The molecule has 25 heavy (non-hydrogen) atoms. The van der Waals surface area contributed by atoms with Gasteiger partial charge in [0.25, 0.3) is 0 Å². The summed E-state index contributed by atoms with van der Waals surface area (Å²) in [6.07, 6.45) is 4.20. The van der Waals surface area contributed by atoms with Crippen LogP contribution in [0.15, 0.2) is 18.2 Å². The number of halogens is 3. The van der Waals surface area contributed by atoms with Crippen molar-refractivity contribution in [3.8, 4) is 0 Å². The van der Waals surface area contributed by atoms with Crippen molar-refractivity contribution in [3.63, 3.8) is 0 Å². The predicted molar refractivity (Wildman–Crippen MR) is 94.5 cm³/mol. The van der Waals surface area contributed by atoms with E-state index in [1.165, 1.54) is 0 Å². The fourth-order valence-corrected chi connectivity index (χ4v) is 3.84. The summed E-state index contributed by atoms with van der Waals surface area (Å²) in [5.41, 5.74) is 2.82. The third-order valence-electron chi connectivity index (χ3n) is 4.02. The quantitative estimate of drug-likeness (QED) is 0.532. The van der Waals surface area contributed by atoms with Crippen molar-refractivity contribution in [2.75, 3.05) is 0 Å². The highest BCUT2D eigenvalue weighted by molar-refractivity contribution is 7.18. The van der Waals surface area contributed by atoms with Gasteiger partial charge < -0.3 is 0 Å². The van der Waals surface area contributed by atoms with Crippen LogP contribution in [0.2, 0.25) is 0 Å². The molecule has 0 aliphatic heterocycles. The van der Waals surface area contributed by atoms with E-state index >= 15 is 0 Å². The summed E-state index contributed by atoms with van der Waals surface area (Å²) < 4.78 is 41.2. The van der Waals surface area contributed by atoms with E-state index in [0.29, 0.717) is 17.5 Å². The molecule has 2 nitrogen and oxygen atoms in total. The Labute approximate surface area is 148 Å². The van der Waals surface area contributed by atoms with Crippen LogP contribution in [0, 0.1) is 17.5 Å². The van der Waals surface area contributed by atoms with E-state index in [1.807, 2.05) is 12.1 Å². The zero-order valence-electron chi connectivity index (χ0n) is 14.2. The van der Waals surface area contributed by atoms with Crippen LogP contribution in [0.5, 0.6) is 0 Å². The average molecular weight is 364 g/mol. The Balaban J connectivity index is 1.98. The number of hydrogen-bond donors (Lipinski definition) is 0. The van der Waals surface area contributed by atoms with Crippen LogP contribution in [0.1, 0.15) is 48.6 Å². The molecule has 0 saturated carbocycles. The summed E-state index contributed by atoms with van der Waals surface area (Å²) in [4.78, 5) is 8.85. The smallest absolute Gasteiger partial charge is 0.186 e. The van der Waals surface area contributed by atoms with Gasteiger partial charge >= 0.3 is 0 Å². The van der Waals surface area contributed by atoms with Crippen molar-refractivity contribution in [2.24, 2.45) is 0 Å². The Morgan fingerprint density at radius 1 is 0.960 bits per heavy atom. The monoisotopic (exact) mass is 364 g/mol. The minimum atomic E-state index is -1.21. The van der Waals surface area contributed by atoms with Crippen molar-refractivity contribution >= 4 is 21.6 Å². The van der Waals surface area contributed by atoms with Gasteiger partial charge in [0.15, 0.2) is 11.6 Å². The molecule has 0 amide bonds. The van der Waals surface area contributed by atoms with Gasteiger partial charge in [0, 0.05) is 23.9 Å². The Kier molecular flexibility index (Phi) is 5.37. The second-order valence-corrected chi connectivity index (χ2v) is 7.11. The molecule has 3 rings (SSSR count). The third kappa shape index (κ3) is 3.68. The first-order chi connectivity index (χ1) is 12.0. The number of fused-ring (bicyclic) bond motifs is 1. The number of thiazole rings is 1. The lowest BCUT2D eigenvalue weighted by Crippen LogP contribution is -2.02. The minimum absolute atomic E-state index is 0.0569. The van der Waals surface area contributed by atoms with Gasteiger partial charge in [0.1, 0.15) is 11.3 Å². The summed E-state index contributed by atoms with van der Waals surface area (Å²) in [5.74, 6) is -3.08. The molecule has 0 radical (unpaired) electrons. The lowest BCUT2D eigenvalue weighted by atomic mass is 10.1. The third-order valence-corrected chi connectivity index (χ3v) is 5.08. The van der Waals surface area contributed by atoms with Gasteiger partial charge in [-0.25, -0.2) is 18.2 Å². The maximum atomic E-state index is 13.9. The molecule has 0 aliphatic carbocycles. The number of hydrogen-bond acceptors (Lipinski definition) is 3. The van der Waals surface area contributed by atoms with Crippen LogP contribution >= 0.6 is 11.3 Å².